The number of amides is 1. The van der Waals surface area contributed by atoms with Gasteiger partial charge in [-0.05, 0) is 37.3 Å². The molecule has 104 valence electrons. The van der Waals surface area contributed by atoms with Gasteiger partial charge in [0.15, 0.2) is 5.76 Å². The van der Waals surface area contributed by atoms with Crippen LogP contribution in [0.2, 0.25) is 0 Å². The van der Waals surface area contributed by atoms with Gasteiger partial charge in [-0.3, -0.25) is 10.2 Å². The van der Waals surface area contributed by atoms with E-state index in [-0.39, 0.29) is 17.8 Å². The second-order valence-corrected chi connectivity index (χ2v) is 4.73. The average molecular weight is 293 g/mol. The van der Waals surface area contributed by atoms with Crippen LogP contribution in [0.3, 0.4) is 0 Å². The lowest BCUT2D eigenvalue weighted by Gasteiger charge is -2.22. The molecule has 0 aliphatic carbocycles. The number of nitrogens with one attached hydrogen (secondary N) is 1. The number of hydrazine groups is 1. The van der Waals surface area contributed by atoms with Crippen LogP contribution in [0, 0.1) is 6.92 Å². The van der Waals surface area contributed by atoms with Crippen molar-refractivity contribution in [1.82, 2.24) is 10.4 Å². The molecule has 0 unspecified atom stereocenters. The van der Waals surface area contributed by atoms with E-state index in [1.807, 2.05) is 31.2 Å². The summed E-state index contributed by atoms with van der Waals surface area (Å²) in [7, 11) is 0. The molecule has 3 heterocycles. The lowest BCUT2D eigenvalue weighted by atomic mass is 10.2. The van der Waals surface area contributed by atoms with Crippen LogP contribution < -0.4 is 5.43 Å². The number of carbonyl (C=O) groups is 1. The van der Waals surface area contributed by atoms with Crippen LogP contribution in [-0.2, 0) is 4.79 Å². The first-order valence-electron chi connectivity index (χ1n) is 6.16. The van der Waals surface area contributed by atoms with Crippen molar-refractivity contribution >= 4 is 23.2 Å². The molecular weight excluding hydrogens is 280 g/mol. The first kappa shape index (κ1) is 12.9. The summed E-state index contributed by atoms with van der Waals surface area (Å²) in [6, 6.07) is 6.97. The molecule has 1 atom stereocenters. The summed E-state index contributed by atoms with van der Waals surface area (Å²) in [5.74, 6) is 1.79. The highest BCUT2D eigenvalue weighted by atomic mass is 35.5. The van der Waals surface area contributed by atoms with E-state index in [2.05, 4.69) is 5.43 Å². The molecular formula is C14H13ClN2O3. The van der Waals surface area contributed by atoms with E-state index in [1.165, 1.54) is 5.01 Å². The Kier molecular flexibility index (Phi) is 3.28. The SMILES string of the molecule is Cc1ccc(C2=C[C@H](c3ccco3)N(C(=O)CCl)N2)o1. The van der Waals surface area contributed by atoms with E-state index in [9.17, 15) is 4.79 Å². The van der Waals surface area contributed by atoms with E-state index in [4.69, 9.17) is 20.4 Å². The highest BCUT2D eigenvalue weighted by Gasteiger charge is 2.32. The Bertz CT molecular complexity index is 645. The van der Waals surface area contributed by atoms with E-state index in [0.29, 0.717) is 11.5 Å². The maximum atomic E-state index is 11.9. The molecule has 1 aliphatic rings. The fourth-order valence-electron chi connectivity index (χ4n) is 2.14. The Morgan fingerprint density at radius 2 is 2.30 bits per heavy atom. The molecule has 3 rings (SSSR count). The first-order chi connectivity index (χ1) is 9.69. The van der Waals surface area contributed by atoms with Gasteiger partial charge in [0.25, 0.3) is 5.91 Å². The number of hydrogen-bond acceptors (Lipinski definition) is 4. The molecule has 20 heavy (non-hydrogen) atoms. The molecule has 0 saturated carbocycles. The summed E-state index contributed by atoms with van der Waals surface area (Å²) in [6.45, 7) is 1.87. The van der Waals surface area contributed by atoms with Gasteiger partial charge < -0.3 is 8.83 Å². The predicted molar refractivity (Wildman–Crippen MR) is 73.6 cm³/mol. The summed E-state index contributed by atoms with van der Waals surface area (Å²) >= 11 is 5.65. The van der Waals surface area contributed by atoms with Gasteiger partial charge in [-0.1, -0.05) is 0 Å². The average Bonchev–Trinajstić information content (AvgIpc) is 3.16. The van der Waals surface area contributed by atoms with E-state index in [0.717, 1.165) is 11.5 Å². The molecule has 5 nitrogen and oxygen atoms in total. The Balaban J connectivity index is 1.94. The molecule has 0 radical (unpaired) electrons. The highest BCUT2D eigenvalue weighted by molar-refractivity contribution is 6.27. The fraction of sp³-hybridized carbons (Fsp3) is 0.214. The van der Waals surface area contributed by atoms with Crippen molar-refractivity contribution in [2.45, 2.75) is 13.0 Å². The van der Waals surface area contributed by atoms with Crippen LogP contribution in [-0.4, -0.2) is 16.8 Å². The summed E-state index contributed by atoms with van der Waals surface area (Å²) in [5, 5.41) is 1.44. The van der Waals surface area contributed by atoms with Gasteiger partial charge in [-0.25, -0.2) is 5.01 Å². The van der Waals surface area contributed by atoms with Crippen LogP contribution in [0.15, 0.2) is 45.4 Å². The minimum Gasteiger partial charge on any atom is -0.467 e. The van der Waals surface area contributed by atoms with Crippen molar-refractivity contribution in [3.05, 3.63) is 53.9 Å². The standard InChI is InChI=1S/C14H13ClN2O3/c1-9-4-5-12(20-9)10-7-11(13-3-2-6-19-13)17(16-10)14(18)8-15/h2-7,11,16H,8H2,1H3/t11-/m1/s1. The molecule has 1 N–H and O–H groups in total. The molecule has 0 spiro atoms. The number of rotatable bonds is 3. The number of furan rings is 2. The molecule has 1 aliphatic heterocycles. The zero-order valence-corrected chi connectivity index (χ0v) is 11.6. The Labute approximate surface area is 120 Å². The van der Waals surface area contributed by atoms with Gasteiger partial charge >= 0.3 is 0 Å². The van der Waals surface area contributed by atoms with Crippen molar-refractivity contribution in [3.8, 4) is 0 Å². The van der Waals surface area contributed by atoms with Gasteiger partial charge in [0, 0.05) is 0 Å². The number of hydrogen-bond donors (Lipinski definition) is 1. The number of halogens is 1. The van der Waals surface area contributed by atoms with Gasteiger partial charge in [0.05, 0.1) is 12.0 Å². The van der Waals surface area contributed by atoms with Crippen molar-refractivity contribution in [2.75, 3.05) is 5.88 Å². The predicted octanol–water partition coefficient (Wildman–Crippen LogP) is 2.85. The Hall–Kier alpha value is -2.14. The zero-order chi connectivity index (χ0) is 14.1. The van der Waals surface area contributed by atoms with E-state index in [1.54, 1.807) is 12.3 Å². The number of nitrogens with zero attached hydrogens (tertiary/aromatic N) is 1. The molecule has 2 aromatic rings. The number of alkyl halides is 1. The molecule has 1 amide bonds. The monoisotopic (exact) mass is 292 g/mol. The summed E-state index contributed by atoms with van der Waals surface area (Å²) in [4.78, 5) is 11.9. The minimum absolute atomic E-state index is 0.109. The number of aryl methyl sites for hydroxylation is 1. The quantitative estimate of drug-likeness (QED) is 0.884. The Morgan fingerprint density at radius 1 is 1.45 bits per heavy atom. The first-order valence-corrected chi connectivity index (χ1v) is 6.69. The van der Waals surface area contributed by atoms with Gasteiger partial charge in [0.1, 0.15) is 23.4 Å². The lowest BCUT2D eigenvalue weighted by molar-refractivity contribution is -0.132. The molecule has 2 aromatic heterocycles. The summed E-state index contributed by atoms with van der Waals surface area (Å²) in [6.07, 6.45) is 3.45. The molecule has 6 heteroatoms. The van der Waals surface area contributed by atoms with Crippen LogP contribution in [0.4, 0.5) is 0 Å². The maximum Gasteiger partial charge on any atom is 0.256 e. The fourth-order valence-corrected chi connectivity index (χ4v) is 2.27. The van der Waals surface area contributed by atoms with Crippen molar-refractivity contribution in [3.63, 3.8) is 0 Å². The third-order valence-corrected chi connectivity index (χ3v) is 3.30. The van der Waals surface area contributed by atoms with Crippen LogP contribution >= 0.6 is 11.6 Å². The largest absolute Gasteiger partial charge is 0.467 e. The Morgan fingerprint density at radius 3 is 2.90 bits per heavy atom. The molecule has 0 saturated heterocycles. The third-order valence-electron chi connectivity index (χ3n) is 3.07. The zero-order valence-electron chi connectivity index (χ0n) is 10.8. The third kappa shape index (κ3) is 2.20. The maximum absolute atomic E-state index is 11.9. The second kappa shape index (κ2) is 5.09. The van der Waals surface area contributed by atoms with Crippen molar-refractivity contribution in [1.29, 1.82) is 0 Å². The van der Waals surface area contributed by atoms with Gasteiger partial charge in [-0.15, -0.1) is 11.6 Å². The minimum atomic E-state index is -0.336. The van der Waals surface area contributed by atoms with Crippen molar-refractivity contribution < 1.29 is 13.6 Å². The molecule has 0 aromatic carbocycles. The lowest BCUT2D eigenvalue weighted by Crippen LogP contribution is -2.40. The second-order valence-electron chi connectivity index (χ2n) is 4.46. The van der Waals surface area contributed by atoms with Gasteiger partial charge in [-0.2, -0.15) is 0 Å². The van der Waals surface area contributed by atoms with E-state index < -0.39 is 0 Å². The summed E-state index contributed by atoms with van der Waals surface area (Å²) in [5.41, 5.74) is 3.74. The molecule has 0 bridgehead atoms. The van der Waals surface area contributed by atoms with Gasteiger partial charge in [0.2, 0.25) is 0 Å². The number of carbonyl (C=O) groups excluding carboxylic acids is 1. The topological polar surface area (TPSA) is 58.6 Å². The summed E-state index contributed by atoms with van der Waals surface area (Å²) < 4.78 is 10.9. The van der Waals surface area contributed by atoms with Crippen LogP contribution in [0.25, 0.3) is 5.70 Å². The van der Waals surface area contributed by atoms with Crippen molar-refractivity contribution in [2.24, 2.45) is 0 Å². The van der Waals surface area contributed by atoms with Crippen LogP contribution in [0.5, 0.6) is 0 Å². The molecule has 0 fully saturated rings. The smallest absolute Gasteiger partial charge is 0.256 e. The highest BCUT2D eigenvalue weighted by Crippen LogP contribution is 2.32. The van der Waals surface area contributed by atoms with Crippen LogP contribution in [0.1, 0.15) is 23.3 Å². The normalized spacial score (nSPS) is 18.0. The van der Waals surface area contributed by atoms with E-state index >= 15 is 0 Å².